The van der Waals surface area contributed by atoms with Crippen molar-refractivity contribution in [1.82, 2.24) is 20.2 Å². The Labute approximate surface area is 118 Å². The average molecular weight is 276 g/mol. The van der Waals surface area contributed by atoms with E-state index < -0.39 is 5.60 Å². The number of nitrogens with zero attached hydrogens (tertiary/aromatic N) is 3. The summed E-state index contributed by atoms with van der Waals surface area (Å²) >= 11 is 0. The Balaban J connectivity index is 1.90. The molecule has 0 aromatic carbocycles. The van der Waals surface area contributed by atoms with Crippen LogP contribution in [0.4, 0.5) is 4.79 Å². The topological polar surface area (TPSA) is 67.3 Å². The number of rotatable bonds is 1. The zero-order valence-electron chi connectivity index (χ0n) is 12.1. The van der Waals surface area contributed by atoms with Crippen molar-refractivity contribution >= 4 is 6.09 Å². The van der Waals surface area contributed by atoms with Crippen LogP contribution in [0.3, 0.4) is 0 Å². The van der Waals surface area contributed by atoms with Crippen LogP contribution in [0.1, 0.15) is 32.8 Å². The lowest BCUT2D eigenvalue weighted by Crippen LogP contribution is -2.54. The third-order valence-electron chi connectivity index (χ3n) is 3.90. The van der Waals surface area contributed by atoms with Crippen molar-refractivity contribution in [2.45, 2.75) is 44.4 Å². The number of hydrogen-bond donors (Lipinski definition) is 1. The van der Waals surface area contributed by atoms with Gasteiger partial charge in [0.05, 0.1) is 5.54 Å². The maximum absolute atomic E-state index is 12.5. The third kappa shape index (κ3) is 2.14. The molecule has 1 aromatic heterocycles. The van der Waals surface area contributed by atoms with Crippen LogP contribution in [0, 0.1) is 0 Å². The van der Waals surface area contributed by atoms with Gasteiger partial charge < -0.3 is 10.1 Å². The predicted molar refractivity (Wildman–Crippen MR) is 73.1 cm³/mol. The van der Waals surface area contributed by atoms with Crippen molar-refractivity contribution in [3.8, 4) is 0 Å². The Bertz CT molecular complexity index is 514. The molecule has 20 heavy (non-hydrogen) atoms. The van der Waals surface area contributed by atoms with Crippen molar-refractivity contribution in [1.29, 1.82) is 0 Å². The molecule has 2 aliphatic heterocycles. The smallest absolute Gasteiger partial charge is 0.411 e. The van der Waals surface area contributed by atoms with Gasteiger partial charge in [0, 0.05) is 37.1 Å². The van der Waals surface area contributed by atoms with E-state index in [0.29, 0.717) is 12.6 Å². The maximum Gasteiger partial charge on any atom is 0.411 e. The van der Waals surface area contributed by atoms with E-state index in [1.807, 2.05) is 25.7 Å². The van der Waals surface area contributed by atoms with Gasteiger partial charge in [-0.1, -0.05) is 0 Å². The molecule has 2 aliphatic rings. The highest BCUT2D eigenvalue weighted by atomic mass is 16.6. The molecule has 1 amide bonds. The molecule has 1 aromatic rings. The van der Waals surface area contributed by atoms with Crippen LogP contribution in [0.25, 0.3) is 0 Å². The highest BCUT2D eigenvalue weighted by Crippen LogP contribution is 2.43. The van der Waals surface area contributed by atoms with E-state index in [2.05, 4.69) is 15.3 Å². The number of ether oxygens (including phenoxy) is 1. The quantitative estimate of drug-likeness (QED) is 0.837. The van der Waals surface area contributed by atoms with Gasteiger partial charge in [0.1, 0.15) is 11.9 Å². The van der Waals surface area contributed by atoms with Crippen molar-refractivity contribution in [2.75, 3.05) is 13.1 Å². The summed E-state index contributed by atoms with van der Waals surface area (Å²) in [5.74, 6) is 0. The Hall–Kier alpha value is -1.69. The number of amides is 1. The van der Waals surface area contributed by atoms with E-state index in [4.69, 9.17) is 4.74 Å². The molecule has 2 saturated heterocycles. The van der Waals surface area contributed by atoms with Crippen LogP contribution >= 0.6 is 0 Å². The largest absolute Gasteiger partial charge is 0.444 e. The van der Waals surface area contributed by atoms with E-state index in [-0.39, 0.29) is 11.6 Å². The Morgan fingerprint density at radius 2 is 2.15 bits per heavy atom. The van der Waals surface area contributed by atoms with Crippen LogP contribution in [0.2, 0.25) is 0 Å². The van der Waals surface area contributed by atoms with Crippen LogP contribution in [0.5, 0.6) is 0 Å². The summed E-state index contributed by atoms with van der Waals surface area (Å²) in [4.78, 5) is 22.5. The normalized spacial score (nSPS) is 28.8. The van der Waals surface area contributed by atoms with Crippen molar-refractivity contribution in [2.24, 2.45) is 0 Å². The Morgan fingerprint density at radius 3 is 2.75 bits per heavy atom. The minimum Gasteiger partial charge on any atom is -0.444 e. The first kappa shape index (κ1) is 13.3. The minimum absolute atomic E-state index is 0.259. The number of carbonyl (C=O) groups is 1. The Kier molecular flexibility index (Phi) is 2.93. The SMILES string of the molecule is CC(C)(C)OC(=O)N1C[C@@H]2C[C@]1(c1cncnc1)CN2. The van der Waals surface area contributed by atoms with Crippen LogP contribution in [0.15, 0.2) is 18.7 Å². The van der Waals surface area contributed by atoms with E-state index >= 15 is 0 Å². The highest BCUT2D eigenvalue weighted by molar-refractivity contribution is 5.71. The molecule has 0 spiro atoms. The predicted octanol–water partition coefficient (Wildman–Crippen LogP) is 1.28. The first-order valence-electron chi connectivity index (χ1n) is 6.90. The van der Waals surface area contributed by atoms with Gasteiger partial charge >= 0.3 is 6.09 Å². The number of carbonyl (C=O) groups excluding carboxylic acids is 1. The van der Waals surface area contributed by atoms with Gasteiger partial charge in [-0.05, 0) is 27.2 Å². The van der Waals surface area contributed by atoms with Crippen molar-refractivity contribution in [3.05, 3.63) is 24.3 Å². The Morgan fingerprint density at radius 1 is 1.45 bits per heavy atom. The summed E-state index contributed by atoms with van der Waals surface area (Å²) in [7, 11) is 0. The summed E-state index contributed by atoms with van der Waals surface area (Å²) in [5, 5.41) is 3.44. The number of aromatic nitrogens is 2. The van der Waals surface area contributed by atoms with Gasteiger partial charge in [0.15, 0.2) is 0 Å². The summed E-state index contributed by atoms with van der Waals surface area (Å²) in [6.45, 7) is 7.05. The van der Waals surface area contributed by atoms with Crippen LogP contribution in [-0.4, -0.2) is 45.7 Å². The van der Waals surface area contributed by atoms with E-state index in [9.17, 15) is 4.79 Å². The molecule has 0 unspecified atom stereocenters. The zero-order chi connectivity index (χ0) is 14.4. The lowest BCUT2D eigenvalue weighted by molar-refractivity contribution is 0.00448. The fourth-order valence-electron chi connectivity index (χ4n) is 3.08. The third-order valence-corrected chi connectivity index (χ3v) is 3.90. The van der Waals surface area contributed by atoms with Crippen LogP contribution < -0.4 is 5.32 Å². The fraction of sp³-hybridized carbons (Fsp3) is 0.643. The molecule has 6 heteroatoms. The maximum atomic E-state index is 12.5. The highest BCUT2D eigenvalue weighted by Gasteiger charge is 2.55. The van der Waals surface area contributed by atoms with Gasteiger partial charge in [-0.15, -0.1) is 0 Å². The number of piperazine rings is 1. The monoisotopic (exact) mass is 276 g/mol. The van der Waals surface area contributed by atoms with Gasteiger partial charge in [0.25, 0.3) is 0 Å². The zero-order valence-corrected chi connectivity index (χ0v) is 12.1. The van der Waals surface area contributed by atoms with E-state index in [0.717, 1.165) is 18.5 Å². The van der Waals surface area contributed by atoms with Crippen molar-refractivity contribution < 1.29 is 9.53 Å². The first-order valence-corrected chi connectivity index (χ1v) is 6.90. The second-order valence-electron chi connectivity index (χ2n) is 6.53. The number of likely N-dealkylation sites (tertiary alicyclic amines) is 1. The van der Waals surface area contributed by atoms with E-state index in [1.165, 1.54) is 6.33 Å². The molecule has 6 nitrogen and oxygen atoms in total. The molecule has 2 fully saturated rings. The molecule has 2 atom stereocenters. The molecule has 2 bridgehead atoms. The molecule has 3 heterocycles. The molecular formula is C14H20N4O2. The van der Waals surface area contributed by atoms with Gasteiger partial charge in [0.2, 0.25) is 0 Å². The molecule has 108 valence electrons. The minimum atomic E-state index is -0.485. The second kappa shape index (κ2) is 4.41. The molecule has 3 rings (SSSR count). The second-order valence-corrected chi connectivity index (χ2v) is 6.53. The van der Waals surface area contributed by atoms with E-state index in [1.54, 1.807) is 12.4 Å². The van der Waals surface area contributed by atoms with Crippen LogP contribution in [-0.2, 0) is 10.3 Å². The lowest BCUT2D eigenvalue weighted by atomic mass is 9.91. The molecular weight excluding hydrogens is 256 g/mol. The number of hydrogen-bond acceptors (Lipinski definition) is 5. The van der Waals surface area contributed by atoms with Gasteiger partial charge in [-0.25, -0.2) is 14.8 Å². The van der Waals surface area contributed by atoms with Crippen molar-refractivity contribution in [3.63, 3.8) is 0 Å². The molecule has 0 radical (unpaired) electrons. The summed E-state index contributed by atoms with van der Waals surface area (Å²) in [6, 6.07) is 0.322. The fourth-order valence-corrected chi connectivity index (χ4v) is 3.08. The first-order chi connectivity index (χ1) is 9.41. The van der Waals surface area contributed by atoms with Gasteiger partial charge in [-0.3, -0.25) is 4.90 Å². The summed E-state index contributed by atoms with van der Waals surface area (Å²) < 4.78 is 5.54. The molecule has 0 aliphatic carbocycles. The summed E-state index contributed by atoms with van der Waals surface area (Å²) in [5.41, 5.74) is 0.119. The van der Waals surface area contributed by atoms with Gasteiger partial charge in [-0.2, -0.15) is 0 Å². The molecule has 0 saturated carbocycles. The lowest BCUT2D eigenvalue weighted by Gasteiger charge is -2.39. The molecule has 1 N–H and O–H groups in total. The number of fused-ring (bicyclic) bond motifs is 2. The standard InChI is InChI=1S/C14H20N4O2/c1-13(2,3)20-12(19)18-7-11-4-14(18,8-17-11)10-5-15-9-16-6-10/h5-6,9,11,17H,4,7-8H2,1-3H3/t11-,14+/m0/s1. The average Bonchev–Trinajstić information content (AvgIpc) is 2.97. The summed E-state index contributed by atoms with van der Waals surface area (Å²) in [6.07, 6.45) is 5.72. The number of nitrogens with one attached hydrogen (secondary N) is 1.